The largest absolute Gasteiger partial charge is 1.00 e. The van der Waals surface area contributed by atoms with E-state index in [-0.39, 0.29) is 59.1 Å². The van der Waals surface area contributed by atoms with Gasteiger partial charge in [0.1, 0.15) is 11.5 Å². The fourth-order valence-electron chi connectivity index (χ4n) is 0.856. The van der Waals surface area contributed by atoms with Crippen LogP contribution in [-0.4, -0.2) is 27.7 Å². The average Bonchev–Trinajstić information content (AvgIpc) is 2.29. The van der Waals surface area contributed by atoms with Crippen molar-refractivity contribution in [3.8, 4) is 11.5 Å². The number of rotatable bonds is 0. The Hall–Kier alpha value is -0.0900. The summed E-state index contributed by atoms with van der Waals surface area (Å²) in [6.45, 7) is 0. The topological polar surface area (TPSA) is 121 Å². The predicted octanol–water partition coefficient (Wildman–Crippen LogP) is -4.55. The molecule has 0 aliphatic carbocycles. The molecule has 0 atom stereocenters. The molecule has 0 amide bonds. The predicted molar refractivity (Wildman–Crippen MR) is 66.7 cm³/mol. The first-order valence-electron chi connectivity index (χ1n) is 4.94. The number of para-hydroxylation sites is 2. The van der Waals surface area contributed by atoms with Gasteiger partial charge in [-0.25, -0.2) is 0 Å². The SMILES string of the molecule is O=S(=O)([O-])[O-].Oc1ccccc1.Oc1ccccc1.[Na+].[Na+]. The summed E-state index contributed by atoms with van der Waals surface area (Å²) < 4.78 is 34.1. The minimum absolute atomic E-state index is 0. The molecule has 0 unspecified atom stereocenters. The molecular weight excluding hydrogens is 318 g/mol. The van der Waals surface area contributed by atoms with Crippen molar-refractivity contribution in [2.24, 2.45) is 0 Å². The summed E-state index contributed by atoms with van der Waals surface area (Å²) in [6.07, 6.45) is 0. The molecule has 0 saturated carbocycles. The van der Waals surface area contributed by atoms with Gasteiger partial charge in [0.15, 0.2) is 0 Å². The molecule has 2 N–H and O–H groups in total. The monoisotopic (exact) mass is 330 g/mol. The Labute approximate surface area is 168 Å². The Balaban J connectivity index is -0.000000225. The van der Waals surface area contributed by atoms with Crippen molar-refractivity contribution in [3.63, 3.8) is 0 Å². The summed E-state index contributed by atoms with van der Waals surface area (Å²) in [4.78, 5) is 0. The molecular formula is C12H12Na2O6S. The fourth-order valence-corrected chi connectivity index (χ4v) is 0.856. The maximum absolute atomic E-state index is 8.63. The van der Waals surface area contributed by atoms with E-state index in [4.69, 9.17) is 27.7 Å². The van der Waals surface area contributed by atoms with Crippen molar-refractivity contribution in [1.29, 1.82) is 0 Å². The molecule has 6 nitrogen and oxygen atoms in total. The van der Waals surface area contributed by atoms with E-state index in [1.54, 1.807) is 48.5 Å². The molecule has 0 aliphatic rings. The van der Waals surface area contributed by atoms with E-state index in [1.807, 2.05) is 12.1 Å². The smallest absolute Gasteiger partial charge is 0.759 e. The molecule has 2 rings (SSSR count). The third kappa shape index (κ3) is 25.2. The molecule has 0 saturated heterocycles. The molecule has 0 spiro atoms. The van der Waals surface area contributed by atoms with Crippen LogP contribution in [0, 0.1) is 0 Å². The summed E-state index contributed by atoms with van der Waals surface area (Å²) in [5.41, 5.74) is 0. The van der Waals surface area contributed by atoms with Gasteiger partial charge in [-0.2, -0.15) is 0 Å². The summed E-state index contributed by atoms with van der Waals surface area (Å²) in [6, 6.07) is 17.4. The van der Waals surface area contributed by atoms with E-state index < -0.39 is 10.4 Å². The summed E-state index contributed by atoms with van der Waals surface area (Å²) >= 11 is 0. The van der Waals surface area contributed by atoms with Crippen LogP contribution in [0.25, 0.3) is 0 Å². The molecule has 2 aromatic carbocycles. The van der Waals surface area contributed by atoms with Crippen LogP contribution in [0.4, 0.5) is 0 Å². The number of hydrogen-bond donors (Lipinski definition) is 2. The Morgan fingerprint density at radius 3 is 0.952 bits per heavy atom. The molecule has 0 aromatic heterocycles. The second-order valence-electron chi connectivity index (χ2n) is 3.08. The minimum atomic E-state index is -5.17. The van der Waals surface area contributed by atoms with Gasteiger partial charge in [0.2, 0.25) is 0 Å². The Morgan fingerprint density at radius 1 is 0.667 bits per heavy atom. The molecule has 0 fully saturated rings. The van der Waals surface area contributed by atoms with Gasteiger partial charge in [0.05, 0.1) is 0 Å². The van der Waals surface area contributed by atoms with Crippen LogP contribution in [-0.2, 0) is 10.4 Å². The van der Waals surface area contributed by atoms with Crippen LogP contribution in [0.3, 0.4) is 0 Å². The van der Waals surface area contributed by atoms with Crippen molar-refractivity contribution in [3.05, 3.63) is 60.7 Å². The number of phenolic OH excluding ortho intramolecular Hbond substituents is 2. The molecule has 0 aliphatic heterocycles. The van der Waals surface area contributed by atoms with Crippen molar-refractivity contribution in [1.82, 2.24) is 0 Å². The second kappa shape index (κ2) is 14.8. The first-order chi connectivity index (χ1) is 8.79. The Bertz CT molecular complexity index is 503. The first-order valence-corrected chi connectivity index (χ1v) is 6.27. The van der Waals surface area contributed by atoms with Crippen LogP contribution in [0.15, 0.2) is 60.7 Å². The maximum Gasteiger partial charge on any atom is 1.00 e. The molecule has 21 heavy (non-hydrogen) atoms. The van der Waals surface area contributed by atoms with E-state index in [1.165, 1.54) is 0 Å². The van der Waals surface area contributed by atoms with E-state index in [0.29, 0.717) is 11.5 Å². The van der Waals surface area contributed by atoms with Gasteiger partial charge < -0.3 is 19.3 Å². The number of phenols is 2. The summed E-state index contributed by atoms with van der Waals surface area (Å²) in [5.74, 6) is 0.644. The van der Waals surface area contributed by atoms with E-state index in [2.05, 4.69) is 0 Å². The minimum Gasteiger partial charge on any atom is -0.759 e. The Kier molecular flexibility index (Phi) is 18.2. The fraction of sp³-hybridized carbons (Fsp3) is 0. The molecule has 9 heteroatoms. The third-order valence-electron chi connectivity index (χ3n) is 1.51. The summed E-state index contributed by atoms with van der Waals surface area (Å²) in [7, 11) is -5.17. The number of aromatic hydroxyl groups is 2. The number of benzene rings is 2. The van der Waals surface area contributed by atoms with Crippen LogP contribution in [0.5, 0.6) is 11.5 Å². The van der Waals surface area contributed by atoms with Crippen LogP contribution < -0.4 is 59.1 Å². The third-order valence-corrected chi connectivity index (χ3v) is 1.51. The van der Waals surface area contributed by atoms with Crippen molar-refractivity contribution >= 4 is 10.4 Å². The van der Waals surface area contributed by atoms with Gasteiger partial charge in [-0.15, -0.1) is 0 Å². The molecule has 0 radical (unpaired) electrons. The van der Waals surface area contributed by atoms with Gasteiger partial charge in [-0.3, -0.25) is 8.42 Å². The summed E-state index contributed by atoms with van der Waals surface area (Å²) in [5, 5.41) is 17.3. The molecule has 104 valence electrons. The second-order valence-corrected chi connectivity index (χ2v) is 3.90. The number of hydrogen-bond acceptors (Lipinski definition) is 6. The van der Waals surface area contributed by atoms with Gasteiger partial charge in [0.25, 0.3) is 0 Å². The van der Waals surface area contributed by atoms with Crippen LogP contribution >= 0.6 is 0 Å². The zero-order valence-electron chi connectivity index (χ0n) is 11.7. The molecule has 2 aromatic rings. The van der Waals surface area contributed by atoms with Crippen molar-refractivity contribution in [2.45, 2.75) is 0 Å². The quantitative estimate of drug-likeness (QED) is 0.285. The van der Waals surface area contributed by atoms with E-state index in [9.17, 15) is 0 Å². The van der Waals surface area contributed by atoms with Crippen molar-refractivity contribution < 1.29 is 86.9 Å². The van der Waals surface area contributed by atoms with E-state index in [0.717, 1.165) is 0 Å². The van der Waals surface area contributed by atoms with Gasteiger partial charge in [0, 0.05) is 10.4 Å². The van der Waals surface area contributed by atoms with Crippen molar-refractivity contribution in [2.75, 3.05) is 0 Å². The zero-order chi connectivity index (χ0) is 14.7. The normalized spacial score (nSPS) is 8.48. The first kappa shape index (κ1) is 25.8. The van der Waals surface area contributed by atoms with Gasteiger partial charge in [-0.05, 0) is 24.3 Å². The molecule has 0 heterocycles. The standard InChI is InChI=1S/2C6H6O.2Na.H2O4S/c2*7-6-4-2-1-3-5-6;;;1-5(2,3)4/h2*1-5,7H;;;(H2,1,2,3,4)/q;;2*+1;/p-2. The zero-order valence-corrected chi connectivity index (χ0v) is 16.5. The van der Waals surface area contributed by atoms with Gasteiger partial charge >= 0.3 is 59.1 Å². The van der Waals surface area contributed by atoms with Crippen LogP contribution in [0.2, 0.25) is 0 Å². The molecule has 0 bridgehead atoms. The average molecular weight is 330 g/mol. The maximum atomic E-state index is 8.63. The Morgan fingerprint density at radius 2 is 0.857 bits per heavy atom. The van der Waals surface area contributed by atoms with Crippen LogP contribution in [0.1, 0.15) is 0 Å². The van der Waals surface area contributed by atoms with Gasteiger partial charge in [-0.1, -0.05) is 36.4 Å². The van der Waals surface area contributed by atoms with E-state index >= 15 is 0 Å².